The summed E-state index contributed by atoms with van der Waals surface area (Å²) >= 11 is 0. The number of aromatic nitrogens is 1. The third kappa shape index (κ3) is 2.92. The molecule has 1 atom stereocenters. The Balaban J connectivity index is 3.01. The van der Waals surface area contributed by atoms with E-state index in [2.05, 4.69) is 24.1 Å². The molecule has 1 aromatic heterocycles. The molecule has 1 aromatic rings. The van der Waals surface area contributed by atoms with Crippen LogP contribution in [0.3, 0.4) is 0 Å². The van der Waals surface area contributed by atoms with Gasteiger partial charge in [0.05, 0.1) is 4.92 Å². The van der Waals surface area contributed by atoms with Crippen molar-refractivity contribution in [1.82, 2.24) is 4.98 Å². The molecule has 1 N–H and O–H groups in total. The molecule has 16 heavy (non-hydrogen) atoms. The highest BCUT2D eigenvalue weighted by Crippen LogP contribution is 2.23. The second kappa shape index (κ2) is 4.92. The third-order valence-electron chi connectivity index (χ3n) is 2.57. The maximum Gasteiger partial charge on any atom is 0.311 e. The first-order chi connectivity index (χ1) is 7.41. The first kappa shape index (κ1) is 12.4. The molecular weight excluding hydrogens is 206 g/mol. The van der Waals surface area contributed by atoms with Crippen LogP contribution in [0.1, 0.15) is 26.5 Å². The number of anilines is 1. The normalized spacial score (nSPS) is 12.6. The van der Waals surface area contributed by atoms with Crippen molar-refractivity contribution in [1.29, 1.82) is 0 Å². The fourth-order valence-electron chi connectivity index (χ4n) is 1.19. The average Bonchev–Trinajstić information content (AvgIpc) is 2.16. The smallest absolute Gasteiger partial charge is 0.311 e. The van der Waals surface area contributed by atoms with Crippen molar-refractivity contribution in [3.05, 3.63) is 27.9 Å². The summed E-state index contributed by atoms with van der Waals surface area (Å²) in [5.41, 5.74) is 0.794. The molecule has 0 aliphatic carbocycles. The van der Waals surface area contributed by atoms with E-state index in [1.54, 1.807) is 6.07 Å². The lowest BCUT2D eigenvalue weighted by Crippen LogP contribution is -2.22. The van der Waals surface area contributed by atoms with Gasteiger partial charge in [0.25, 0.3) is 0 Å². The molecule has 0 saturated carbocycles. The van der Waals surface area contributed by atoms with Crippen LogP contribution in [0.2, 0.25) is 0 Å². The van der Waals surface area contributed by atoms with E-state index in [1.165, 1.54) is 6.07 Å². The number of hydrogen-bond donors (Lipinski definition) is 1. The summed E-state index contributed by atoms with van der Waals surface area (Å²) < 4.78 is 0. The van der Waals surface area contributed by atoms with Crippen molar-refractivity contribution in [2.24, 2.45) is 5.92 Å². The lowest BCUT2D eigenvalue weighted by Gasteiger charge is -2.18. The predicted octanol–water partition coefficient (Wildman–Crippen LogP) is 2.75. The molecule has 5 heteroatoms. The van der Waals surface area contributed by atoms with Gasteiger partial charge in [0.2, 0.25) is 5.82 Å². The van der Waals surface area contributed by atoms with Crippen molar-refractivity contribution in [2.75, 3.05) is 5.32 Å². The number of pyridine rings is 1. The Labute approximate surface area is 95.0 Å². The molecule has 0 spiro atoms. The predicted molar refractivity (Wildman–Crippen MR) is 63.6 cm³/mol. The van der Waals surface area contributed by atoms with E-state index in [1.807, 2.05) is 13.8 Å². The van der Waals surface area contributed by atoms with Crippen LogP contribution in [0.4, 0.5) is 11.5 Å². The topological polar surface area (TPSA) is 68.1 Å². The standard InChI is InChI=1S/C11H17N3O2/c1-7(2)9(4)13-11-10(14(15)16)6-5-8(3)12-11/h5-7,9H,1-4H3,(H,12,13). The van der Waals surface area contributed by atoms with Gasteiger partial charge in [-0.1, -0.05) is 13.8 Å². The van der Waals surface area contributed by atoms with E-state index in [0.29, 0.717) is 11.7 Å². The highest BCUT2D eigenvalue weighted by atomic mass is 16.6. The summed E-state index contributed by atoms with van der Waals surface area (Å²) in [6.07, 6.45) is 0. The molecule has 1 unspecified atom stereocenters. The molecule has 0 saturated heterocycles. The molecule has 0 fully saturated rings. The first-order valence-electron chi connectivity index (χ1n) is 5.30. The molecule has 0 radical (unpaired) electrons. The Morgan fingerprint density at radius 3 is 2.50 bits per heavy atom. The van der Waals surface area contributed by atoms with Crippen LogP contribution in [0, 0.1) is 23.0 Å². The molecule has 1 rings (SSSR count). The van der Waals surface area contributed by atoms with Gasteiger partial charge in [-0.3, -0.25) is 10.1 Å². The lowest BCUT2D eigenvalue weighted by molar-refractivity contribution is -0.384. The number of hydrogen-bond acceptors (Lipinski definition) is 4. The van der Waals surface area contributed by atoms with Crippen LogP contribution in [0.15, 0.2) is 12.1 Å². The minimum atomic E-state index is -0.415. The van der Waals surface area contributed by atoms with E-state index in [4.69, 9.17) is 0 Å². The second-order valence-electron chi connectivity index (χ2n) is 4.25. The molecule has 0 aliphatic rings. The van der Waals surface area contributed by atoms with Gasteiger partial charge >= 0.3 is 5.69 Å². The van der Waals surface area contributed by atoms with Crippen molar-refractivity contribution in [2.45, 2.75) is 33.7 Å². The summed E-state index contributed by atoms with van der Waals surface area (Å²) in [5.74, 6) is 0.744. The minimum absolute atomic E-state index is 0.0260. The molecule has 1 heterocycles. The fraction of sp³-hybridized carbons (Fsp3) is 0.545. The number of nitro groups is 1. The average molecular weight is 223 g/mol. The zero-order chi connectivity index (χ0) is 12.3. The zero-order valence-electron chi connectivity index (χ0n) is 10.0. The Morgan fingerprint density at radius 1 is 1.38 bits per heavy atom. The van der Waals surface area contributed by atoms with Crippen LogP contribution in [0.5, 0.6) is 0 Å². The Morgan fingerprint density at radius 2 is 2.00 bits per heavy atom. The number of rotatable bonds is 4. The monoisotopic (exact) mass is 223 g/mol. The summed E-state index contributed by atoms with van der Waals surface area (Å²) in [6, 6.07) is 3.27. The third-order valence-corrected chi connectivity index (χ3v) is 2.57. The van der Waals surface area contributed by atoms with Crippen molar-refractivity contribution < 1.29 is 4.92 Å². The summed E-state index contributed by atoms with van der Waals surface area (Å²) in [4.78, 5) is 14.6. The molecule has 0 bridgehead atoms. The van der Waals surface area contributed by atoms with Crippen molar-refractivity contribution in [3.63, 3.8) is 0 Å². The van der Waals surface area contributed by atoms with Crippen LogP contribution < -0.4 is 5.32 Å². The Kier molecular flexibility index (Phi) is 3.82. The van der Waals surface area contributed by atoms with E-state index >= 15 is 0 Å². The SMILES string of the molecule is Cc1ccc([N+](=O)[O-])c(NC(C)C(C)C)n1. The first-order valence-corrected chi connectivity index (χ1v) is 5.30. The van der Waals surface area contributed by atoms with Gasteiger partial charge in [0.15, 0.2) is 0 Å². The highest BCUT2D eigenvalue weighted by molar-refractivity contribution is 5.56. The molecule has 5 nitrogen and oxygen atoms in total. The van der Waals surface area contributed by atoms with E-state index in [9.17, 15) is 10.1 Å². The fourth-order valence-corrected chi connectivity index (χ4v) is 1.19. The van der Waals surface area contributed by atoms with E-state index < -0.39 is 4.92 Å². The minimum Gasteiger partial charge on any atom is -0.362 e. The largest absolute Gasteiger partial charge is 0.362 e. The summed E-state index contributed by atoms with van der Waals surface area (Å²) in [5, 5.41) is 13.9. The van der Waals surface area contributed by atoms with Gasteiger partial charge in [-0.05, 0) is 25.8 Å². The van der Waals surface area contributed by atoms with Crippen LogP contribution in [0.25, 0.3) is 0 Å². The van der Waals surface area contributed by atoms with Crippen molar-refractivity contribution >= 4 is 11.5 Å². The Hall–Kier alpha value is -1.65. The summed E-state index contributed by atoms with van der Waals surface area (Å²) in [6.45, 7) is 7.91. The maximum absolute atomic E-state index is 10.8. The second-order valence-corrected chi connectivity index (χ2v) is 4.25. The van der Waals surface area contributed by atoms with Crippen molar-refractivity contribution in [3.8, 4) is 0 Å². The molecule has 0 amide bonds. The quantitative estimate of drug-likeness (QED) is 0.629. The van der Waals surface area contributed by atoms with E-state index in [-0.39, 0.29) is 11.7 Å². The lowest BCUT2D eigenvalue weighted by atomic mass is 10.1. The number of aryl methyl sites for hydroxylation is 1. The maximum atomic E-state index is 10.8. The van der Waals surface area contributed by atoms with Crippen LogP contribution >= 0.6 is 0 Å². The number of nitrogens with zero attached hydrogens (tertiary/aromatic N) is 2. The van der Waals surface area contributed by atoms with Crippen LogP contribution in [-0.4, -0.2) is 15.9 Å². The van der Waals surface area contributed by atoms with E-state index in [0.717, 1.165) is 5.69 Å². The summed E-state index contributed by atoms with van der Waals surface area (Å²) in [7, 11) is 0. The van der Waals surface area contributed by atoms with Crippen LogP contribution in [-0.2, 0) is 0 Å². The van der Waals surface area contributed by atoms with Gasteiger partial charge in [0.1, 0.15) is 0 Å². The number of nitrogens with one attached hydrogen (secondary N) is 1. The molecular formula is C11H17N3O2. The molecule has 88 valence electrons. The van der Waals surface area contributed by atoms with Gasteiger partial charge < -0.3 is 5.32 Å². The highest BCUT2D eigenvalue weighted by Gasteiger charge is 2.17. The van der Waals surface area contributed by atoms with Gasteiger partial charge in [-0.2, -0.15) is 0 Å². The van der Waals surface area contributed by atoms with Gasteiger partial charge in [0, 0.05) is 17.8 Å². The van der Waals surface area contributed by atoms with Gasteiger partial charge in [-0.15, -0.1) is 0 Å². The molecule has 0 aromatic carbocycles. The molecule has 0 aliphatic heterocycles. The Bertz CT molecular complexity index is 391. The zero-order valence-corrected chi connectivity index (χ0v) is 10.0. The van der Waals surface area contributed by atoms with Gasteiger partial charge in [-0.25, -0.2) is 4.98 Å².